The molecule has 0 atom stereocenters. The molecule has 8 nitrogen and oxygen atoms in total. The minimum absolute atomic E-state index is 0.117. The molecule has 2 aliphatic heterocycles. The van der Waals surface area contributed by atoms with Crippen LogP contribution in [0.3, 0.4) is 0 Å². The van der Waals surface area contributed by atoms with E-state index < -0.39 is 11.6 Å². The van der Waals surface area contributed by atoms with Crippen molar-refractivity contribution in [1.82, 2.24) is 9.80 Å². The number of aromatic carboxylic acids is 1. The molecule has 176 valence electrons. The van der Waals surface area contributed by atoms with E-state index in [0.29, 0.717) is 35.4 Å². The standard InChI is InChI=1S/C26H26N2O6/c1-27-11-8-18(9-12-27)33-19-6-7-21-20-10-13-28(15-22(20)26(32)34-23(21)14-19)24(29)16-2-4-17(5-3-16)25(30)31/h2-7,14,18H,8-13,15H2,1H3,(H,30,31). The quantitative estimate of drug-likeness (QED) is 0.595. The average molecular weight is 463 g/mol. The first kappa shape index (κ1) is 22.2. The van der Waals surface area contributed by atoms with Crippen LogP contribution in [0.4, 0.5) is 0 Å². The molecule has 0 unspecified atom stereocenters. The van der Waals surface area contributed by atoms with E-state index in [0.717, 1.165) is 36.9 Å². The number of carbonyl (C=O) groups is 2. The second-order valence-electron chi connectivity index (χ2n) is 8.98. The Morgan fingerprint density at radius 3 is 2.41 bits per heavy atom. The zero-order valence-electron chi connectivity index (χ0n) is 19.0. The first-order chi connectivity index (χ1) is 16.4. The number of piperidine rings is 1. The molecule has 0 saturated carbocycles. The lowest BCUT2D eigenvalue weighted by Gasteiger charge is -2.30. The highest BCUT2D eigenvalue weighted by molar-refractivity contribution is 5.96. The van der Waals surface area contributed by atoms with Gasteiger partial charge in [0, 0.05) is 36.7 Å². The molecule has 1 N–H and O–H groups in total. The van der Waals surface area contributed by atoms with Gasteiger partial charge in [0.2, 0.25) is 0 Å². The Hall–Kier alpha value is -3.65. The first-order valence-corrected chi connectivity index (χ1v) is 11.5. The minimum atomic E-state index is -1.05. The first-order valence-electron chi connectivity index (χ1n) is 11.5. The van der Waals surface area contributed by atoms with Crippen molar-refractivity contribution in [3.63, 3.8) is 0 Å². The Labute approximate surface area is 196 Å². The fourth-order valence-electron chi connectivity index (χ4n) is 4.73. The SMILES string of the molecule is CN1CCC(Oc2ccc3c4c(c(=O)oc3c2)CN(C(=O)c2ccc(C(=O)O)cc2)CC4)CC1. The van der Waals surface area contributed by atoms with Crippen molar-refractivity contribution in [2.24, 2.45) is 0 Å². The molecule has 34 heavy (non-hydrogen) atoms. The van der Waals surface area contributed by atoms with Gasteiger partial charge in [-0.2, -0.15) is 0 Å². The normalized spacial score (nSPS) is 16.9. The molecule has 1 aromatic heterocycles. The molecule has 3 aromatic rings. The predicted molar refractivity (Wildman–Crippen MR) is 125 cm³/mol. The van der Waals surface area contributed by atoms with Crippen LogP contribution in [-0.2, 0) is 13.0 Å². The average Bonchev–Trinajstić information content (AvgIpc) is 2.85. The molecule has 5 rings (SSSR count). The van der Waals surface area contributed by atoms with Gasteiger partial charge in [-0.3, -0.25) is 4.79 Å². The molecule has 0 aliphatic carbocycles. The van der Waals surface area contributed by atoms with E-state index in [1.807, 2.05) is 12.1 Å². The van der Waals surface area contributed by atoms with E-state index in [1.54, 1.807) is 11.0 Å². The lowest BCUT2D eigenvalue weighted by atomic mass is 9.97. The molecule has 1 saturated heterocycles. The summed E-state index contributed by atoms with van der Waals surface area (Å²) in [5.74, 6) is -0.596. The summed E-state index contributed by atoms with van der Waals surface area (Å²) in [5.41, 5.74) is 1.94. The van der Waals surface area contributed by atoms with Crippen LogP contribution in [0.5, 0.6) is 5.75 Å². The Balaban J connectivity index is 1.36. The summed E-state index contributed by atoms with van der Waals surface area (Å²) in [6.45, 7) is 2.61. The summed E-state index contributed by atoms with van der Waals surface area (Å²) in [4.78, 5) is 40.7. The van der Waals surface area contributed by atoms with Crippen LogP contribution in [0.15, 0.2) is 51.7 Å². The van der Waals surface area contributed by atoms with Crippen LogP contribution < -0.4 is 10.4 Å². The number of carbonyl (C=O) groups excluding carboxylic acids is 1. The minimum Gasteiger partial charge on any atom is -0.490 e. The third-order valence-electron chi connectivity index (χ3n) is 6.71. The fraction of sp³-hybridized carbons (Fsp3) is 0.346. The summed E-state index contributed by atoms with van der Waals surface area (Å²) in [6.07, 6.45) is 2.62. The van der Waals surface area contributed by atoms with Gasteiger partial charge in [0.25, 0.3) is 5.91 Å². The third-order valence-corrected chi connectivity index (χ3v) is 6.71. The summed E-state index contributed by atoms with van der Waals surface area (Å²) < 4.78 is 11.8. The number of nitrogens with zero attached hydrogens (tertiary/aromatic N) is 2. The van der Waals surface area contributed by atoms with Crippen LogP contribution in [0.2, 0.25) is 0 Å². The summed E-state index contributed by atoms with van der Waals surface area (Å²) >= 11 is 0. The molecule has 1 amide bonds. The molecule has 0 spiro atoms. The van der Waals surface area contributed by atoms with Gasteiger partial charge in [-0.05, 0) is 68.3 Å². The molecule has 3 heterocycles. The molecule has 2 aromatic carbocycles. The van der Waals surface area contributed by atoms with Crippen molar-refractivity contribution in [1.29, 1.82) is 0 Å². The van der Waals surface area contributed by atoms with Crippen LogP contribution in [-0.4, -0.2) is 59.6 Å². The summed E-state index contributed by atoms with van der Waals surface area (Å²) in [6, 6.07) is 11.4. The summed E-state index contributed by atoms with van der Waals surface area (Å²) in [7, 11) is 2.10. The van der Waals surface area contributed by atoms with Crippen molar-refractivity contribution in [2.45, 2.75) is 31.9 Å². The Morgan fingerprint density at radius 2 is 1.71 bits per heavy atom. The van der Waals surface area contributed by atoms with E-state index in [2.05, 4.69) is 11.9 Å². The van der Waals surface area contributed by atoms with Gasteiger partial charge < -0.3 is 24.1 Å². The second kappa shape index (κ2) is 8.95. The molecular weight excluding hydrogens is 436 g/mol. The molecule has 0 bridgehead atoms. The van der Waals surface area contributed by atoms with Gasteiger partial charge in [0.1, 0.15) is 17.4 Å². The smallest absolute Gasteiger partial charge is 0.341 e. The number of fused-ring (bicyclic) bond motifs is 3. The zero-order valence-corrected chi connectivity index (χ0v) is 19.0. The van der Waals surface area contributed by atoms with E-state index >= 15 is 0 Å². The van der Waals surface area contributed by atoms with Crippen molar-refractivity contribution in [2.75, 3.05) is 26.7 Å². The highest BCUT2D eigenvalue weighted by atomic mass is 16.5. The van der Waals surface area contributed by atoms with E-state index in [9.17, 15) is 14.4 Å². The predicted octanol–water partition coefficient (Wildman–Crippen LogP) is 3.16. The number of carboxylic acids is 1. The molecule has 2 aliphatic rings. The van der Waals surface area contributed by atoms with Gasteiger partial charge >= 0.3 is 11.6 Å². The Bertz CT molecular complexity index is 1310. The van der Waals surface area contributed by atoms with Crippen molar-refractivity contribution < 1.29 is 23.8 Å². The van der Waals surface area contributed by atoms with Gasteiger partial charge in [-0.15, -0.1) is 0 Å². The van der Waals surface area contributed by atoms with Gasteiger partial charge in [-0.25, -0.2) is 9.59 Å². The maximum atomic E-state index is 12.9. The van der Waals surface area contributed by atoms with Gasteiger partial charge in [0.15, 0.2) is 0 Å². The number of likely N-dealkylation sites (tertiary alicyclic amines) is 1. The van der Waals surface area contributed by atoms with Gasteiger partial charge in [-0.1, -0.05) is 0 Å². The number of hydrogen-bond donors (Lipinski definition) is 1. The highest BCUT2D eigenvalue weighted by Gasteiger charge is 2.27. The lowest BCUT2D eigenvalue weighted by molar-refractivity contribution is 0.0692. The van der Waals surface area contributed by atoms with Crippen molar-refractivity contribution in [3.05, 3.63) is 75.1 Å². The number of benzene rings is 2. The fourth-order valence-corrected chi connectivity index (χ4v) is 4.73. The van der Waals surface area contributed by atoms with Gasteiger partial charge in [0.05, 0.1) is 17.7 Å². The highest BCUT2D eigenvalue weighted by Crippen LogP contribution is 2.29. The number of hydrogen-bond acceptors (Lipinski definition) is 6. The van der Waals surface area contributed by atoms with E-state index in [1.165, 1.54) is 24.3 Å². The van der Waals surface area contributed by atoms with Crippen LogP contribution >= 0.6 is 0 Å². The molecular formula is C26H26N2O6. The van der Waals surface area contributed by atoms with E-state index in [-0.39, 0.29) is 24.1 Å². The van der Waals surface area contributed by atoms with Crippen LogP contribution in [0.1, 0.15) is 44.7 Å². The number of rotatable bonds is 4. The number of amides is 1. The number of carboxylic acid groups (broad SMARTS) is 1. The molecule has 8 heteroatoms. The van der Waals surface area contributed by atoms with Crippen LogP contribution in [0, 0.1) is 0 Å². The third kappa shape index (κ3) is 4.28. The van der Waals surface area contributed by atoms with Crippen molar-refractivity contribution >= 4 is 22.8 Å². The van der Waals surface area contributed by atoms with E-state index in [4.69, 9.17) is 14.3 Å². The Morgan fingerprint density at radius 1 is 1.00 bits per heavy atom. The summed E-state index contributed by atoms with van der Waals surface area (Å²) in [5, 5.41) is 9.91. The van der Waals surface area contributed by atoms with Crippen molar-refractivity contribution in [3.8, 4) is 5.75 Å². The maximum absolute atomic E-state index is 12.9. The Kier molecular flexibility index (Phi) is 5.83. The topological polar surface area (TPSA) is 100 Å². The molecule has 1 fully saturated rings. The monoisotopic (exact) mass is 462 g/mol. The number of ether oxygens (including phenoxy) is 1. The largest absolute Gasteiger partial charge is 0.490 e. The molecule has 0 radical (unpaired) electrons. The zero-order chi connectivity index (χ0) is 23.8. The maximum Gasteiger partial charge on any atom is 0.341 e. The van der Waals surface area contributed by atoms with Crippen LogP contribution in [0.25, 0.3) is 11.0 Å². The lowest BCUT2D eigenvalue weighted by Crippen LogP contribution is -2.38. The second-order valence-corrected chi connectivity index (χ2v) is 8.98.